The summed E-state index contributed by atoms with van der Waals surface area (Å²) in [6.07, 6.45) is 7.20. The van der Waals surface area contributed by atoms with E-state index in [-0.39, 0.29) is 6.04 Å². The van der Waals surface area contributed by atoms with Gasteiger partial charge >= 0.3 is 0 Å². The van der Waals surface area contributed by atoms with Crippen molar-refractivity contribution < 1.29 is 0 Å². The van der Waals surface area contributed by atoms with Crippen molar-refractivity contribution in [1.29, 1.82) is 0 Å². The van der Waals surface area contributed by atoms with Gasteiger partial charge in [0, 0.05) is 18.4 Å². The number of hydrazine groups is 1. The average Bonchev–Trinajstić information content (AvgIpc) is 3.19. The summed E-state index contributed by atoms with van der Waals surface area (Å²) in [5.74, 6) is 6.50. The highest BCUT2D eigenvalue weighted by atomic mass is 15.2. The molecule has 1 fully saturated rings. The topological polar surface area (TPSA) is 63.8 Å². The maximum Gasteiger partial charge on any atom is 0.0935 e. The number of aromatic nitrogens is 2. The first kappa shape index (κ1) is 10.6. The Bertz CT molecular complexity index is 516. The Kier molecular flexibility index (Phi) is 2.74. The van der Waals surface area contributed by atoms with Crippen molar-refractivity contribution in [2.45, 2.75) is 25.3 Å². The Morgan fingerprint density at radius 3 is 2.88 bits per heavy atom. The van der Waals surface area contributed by atoms with Gasteiger partial charge in [0.05, 0.1) is 11.0 Å². The molecular weight excluding hydrogens is 212 g/mol. The van der Waals surface area contributed by atoms with Crippen LogP contribution < -0.4 is 11.3 Å². The zero-order valence-corrected chi connectivity index (χ0v) is 9.63. The molecule has 1 aromatic heterocycles. The Morgan fingerprint density at radius 2 is 2.12 bits per heavy atom. The molecule has 1 saturated carbocycles. The van der Waals surface area contributed by atoms with Gasteiger partial charge in [-0.15, -0.1) is 0 Å². The van der Waals surface area contributed by atoms with Crippen molar-refractivity contribution >= 4 is 11.0 Å². The molecule has 4 heteroatoms. The SMILES string of the molecule is NNC(CC1CC1)c1cccc2nccnc12. The predicted molar refractivity (Wildman–Crippen MR) is 66.9 cm³/mol. The van der Waals surface area contributed by atoms with Crippen LogP contribution in [0.15, 0.2) is 30.6 Å². The lowest BCUT2D eigenvalue weighted by Crippen LogP contribution is -2.28. The number of nitrogens with two attached hydrogens (primary N) is 1. The number of fused-ring (bicyclic) bond motifs is 1. The molecule has 4 nitrogen and oxygen atoms in total. The van der Waals surface area contributed by atoms with Gasteiger partial charge in [0.25, 0.3) is 0 Å². The van der Waals surface area contributed by atoms with Gasteiger partial charge in [-0.1, -0.05) is 25.0 Å². The number of hydrogen-bond donors (Lipinski definition) is 2. The largest absolute Gasteiger partial charge is 0.271 e. The summed E-state index contributed by atoms with van der Waals surface area (Å²) >= 11 is 0. The van der Waals surface area contributed by atoms with Crippen molar-refractivity contribution in [3.8, 4) is 0 Å². The molecule has 1 unspecified atom stereocenters. The van der Waals surface area contributed by atoms with E-state index in [1.54, 1.807) is 12.4 Å². The van der Waals surface area contributed by atoms with Crippen LogP contribution in [-0.2, 0) is 0 Å². The van der Waals surface area contributed by atoms with Gasteiger partial charge in [-0.2, -0.15) is 0 Å². The van der Waals surface area contributed by atoms with E-state index in [2.05, 4.69) is 21.5 Å². The molecule has 1 aliphatic rings. The molecule has 88 valence electrons. The number of hydrogen-bond acceptors (Lipinski definition) is 4. The fourth-order valence-electron chi connectivity index (χ4n) is 2.27. The molecule has 1 aliphatic carbocycles. The van der Waals surface area contributed by atoms with E-state index in [1.165, 1.54) is 12.8 Å². The Morgan fingerprint density at radius 1 is 1.29 bits per heavy atom. The minimum absolute atomic E-state index is 0.183. The first-order valence-electron chi connectivity index (χ1n) is 6.04. The molecule has 0 radical (unpaired) electrons. The molecule has 3 rings (SSSR count). The van der Waals surface area contributed by atoms with Crippen LogP contribution in [0.4, 0.5) is 0 Å². The Balaban J connectivity index is 2.01. The van der Waals surface area contributed by atoms with Crippen molar-refractivity contribution in [3.05, 3.63) is 36.2 Å². The minimum Gasteiger partial charge on any atom is -0.271 e. The van der Waals surface area contributed by atoms with Crippen molar-refractivity contribution in [3.63, 3.8) is 0 Å². The molecule has 1 heterocycles. The second-order valence-corrected chi connectivity index (χ2v) is 4.67. The summed E-state index contributed by atoms with van der Waals surface area (Å²) in [5.41, 5.74) is 5.96. The number of nitrogens with zero attached hydrogens (tertiary/aromatic N) is 2. The van der Waals surface area contributed by atoms with Gasteiger partial charge in [-0.3, -0.25) is 21.2 Å². The Hall–Kier alpha value is -1.52. The van der Waals surface area contributed by atoms with E-state index < -0.39 is 0 Å². The van der Waals surface area contributed by atoms with Gasteiger partial charge in [0.1, 0.15) is 0 Å². The molecule has 3 N–H and O–H groups in total. The van der Waals surface area contributed by atoms with Crippen molar-refractivity contribution in [2.24, 2.45) is 11.8 Å². The molecule has 0 saturated heterocycles. The number of nitrogens with one attached hydrogen (secondary N) is 1. The van der Waals surface area contributed by atoms with E-state index in [9.17, 15) is 0 Å². The van der Waals surface area contributed by atoms with Gasteiger partial charge < -0.3 is 0 Å². The third kappa shape index (κ3) is 2.14. The lowest BCUT2D eigenvalue weighted by molar-refractivity contribution is 0.489. The van der Waals surface area contributed by atoms with Crippen LogP contribution in [0, 0.1) is 5.92 Å². The number of para-hydroxylation sites is 1. The van der Waals surface area contributed by atoms with Crippen LogP contribution in [0.25, 0.3) is 11.0 Å². The summed E-state index contributed by atoms with van der Waals surface area (Å²) < 4.78 is 0. The molecule has 0 spiro atoms. The summed E-state index contributed by atoms with van der Waals surface area (Å²) in [4.78, 5) is 8.74. The lowest BCUT2D eigenvalue weighted by Gasteiger charge is -2.17. The van der Waals surface area contributed by atoms with Crippen LogP contribution >= 0.6 is 0 Å². The van der Waals surface area contributed by atoms with E-state index in [1.807, 2.05) is 12.1 Å². The Labute approximate surface area is 100 Å². The second kappa shape index (κ2) is 4.39. The third-order valence-electron chi connectivity index (χ3n) is 3.37. The minimum atomic E-state index is 0.183. The quantitative estimate of drug-likeness (QED) is 0.620. The zero-order chi connectivity index (χ0) is 11.7. The van der Waals surface area contributed by atoms with E-state index in [4.69, 9.17) is 5.84 Å². The molecule has 0 bridgehead atoms. The van der Waals surface area contributed by atoms with Crippen molar-refractivity contribution in [1.82, 2.24) is 15.4 Å². The zero-order valence-electron chi connectivity index (χ0n) is 9.63. The normalized spacial score (nSPS) is 17.2. The first-order valence-corrected chi connectivity index (χ1v) is 6.04. The van der Waals surface area contributed by atoms with Gasteiger partial charge in [-0.05, 0) is 24.0 Å². The van der Waals surface area contributed by atoms with E-state index in [0.717, 1.165) is 28.9 Å². The third-order valence-corrected chi connectivity index (χ3v) is 3.37. The fourth-order valence-corrected chi connectivity index (χ4v) is 2.27. The number of rotatable bonds is 4. The lowest BCUT2D eigenvalue weighted by atomic mass is 10.00. The van der Waals surface area contributed by atoms with Crippen LogP contribution in [0.5, 0.6) is 0 Å². The number of benzene rings is 1. The molecular formula is C13H16N4. The van der Waals surface area contributed by atoms with Gasteiger partial charge in [0.15, 0.2) is 0 Å². The summed E-state index contributed by atoms with van der Waals surface area (Å²) in [7, 11) is 0. The standard InChI is InChI=1S/C13H16N4/c14-17-12(8-9-4-5-9)10-2-1-3-11-13(10)16-7-6-15-11/h1-3,6-7,9,12,17H,4-5,8,14H2. The maximum absolute atomic E-state index is 5.67. The summed E-state index contributed by atoms with van der Waals surface area (Å²) in [6, 6.07) is 6.27. The van der Waals surface area contributed by atoms with Gasteiger partial charge in [-0.25, -0.2) is 0 Å². The molecule has 17 heavy (non-hydrogen) atoms. The molecule has 1 atom stereocenters. The maximum atomic E-state index is 5.67. The van der Waals surface area contributed by atoms with Crippen LogP contribution in [0.1, 0.15) is 30.9 Å². The average molecular weight is 228 g/mol. The molecule has 2 aromatic rings. The van der Waals surface area contributed by atoms with Crippen LogP contribution in [0.2, 0.25) is 0 Å². The van der Waals surface area contributed by atoms with Gasteiger partial charge in [0.2, 0.25) is 0 Å². The molecule has 0 amide bonds. The highest BCUT2D eigenvalue weighted by Crippen LogP contribution is 2.38. The smallest absolute Gasteiger partial charge is 0.0935 e. The highest BCUT2D eigenvalue weighted by molar-refractivity contribution is 5.78. The first-order chi connectivity index (χ1) is 8.38. The van der Waals surface area contributed by atoms with E-state index in [0.29, 0.717) is 0 Å². The monoisotopic (exact) mass is 228 g/mol. The molecule has 1 aromatic carbocycles. The summed E-state index contributed by atoms with van der Waals surface area (Å²) in [5, 5.41) is 0. The van der Waals surface area contributed by atoms with Crippen LogP contribution in [-0.4, -0.2) is 9.97 Å². The summed E-state index contributed by atoms with van der Waals surface area (Å²) in [6.45, 7) is 0. The fraction of sp³-hybridized carbons (Fsp3) is 0.385. The van der Waals surface area contributed by atoms with E-state index >= 15 is 0 Å². The van der Waals surface area contributed by atoms with Crippen molar-refractivity contribution in [2.75, 3.05) is 0 Å². The second-order valence-electron chi connectivity index (χ2n) is 4.67. The highest BCUT2D eigenvalue weighted by Gasteiger charge is 2.26. The molecule has 0 aliphatic heterocycles. The van der Waals surface area contributed by atoms with Crippen LogP contribution in [0.3, 0.4) is 0 Å². The predicted octanol–water partition coefficient (Wildman–Crippen LogP) is 1.93.